The van der Waals surface area contributed by atoms with Crippen molar-refractivity contribution in [1.82, 2.24) is 9.80 Å². The number of carbonyl (C=O) groups excluding carboxylic acids is 5. The van der Waals surface area contributed by atoms with Crippen molar-refractivity contribution in [1.29, 1.82) is 0 Å². The molecule has 3 N–H and O–H groups in total. The zero-order valence-electron chi connectivity index (χ0n) is 14.6. The molecule has 3 rings (SSSR count). The molecular formula is C16H18N4O6S. The molecule has 3 heterocycles. The van der Waals surface area contributed by atoms with Crippen molar-refractivity contribution in [3.05, 3.63) is 16.0 Å². The lowest BCUT2D eigenvalue weighted by Gasteiger charge is -2.25. The number of primary amides is 1. The first-order valence-corrected chi connectivity index (χ1v) is 9.03. The van der Waals surface area contributed by atoms with E-state index >= 15 is 0 Å². The predicted molar refractivity (Wildman–Crippen MR) is 93.9 cm³/mol. The van der Waals surface area contributed by atoms with E-state index in [4.69, 9.17) is 10.5 Å². The first-order valence-electron chi connectivity index (χ1n) is 8.22. The molecule has 0 unspecified atom stereocenters. The monoisotopic (exact) mass is 394 g/mol. The van der Waals surface area contributed by atoms with Gasteiger partial charge in [0.2, 0.25) is 17.7 Å². The molecule has 0 aliphatic carbocycles. The van der Waals surface area contributed by atoms with Crippen LogP contribution in [0.25, 0.3) is 0 Å². The van der Waals surface area contributed by atoms with Gasteiger partial charge in [0.05, 0.1) is 19.2 Å². The van der Waals surface area contributed by atoms with Crippen LogP contribution in [0.5, 0.6) is 0 Å². The Labute approximate surface area is 158 Å². The number of carbonyl (C=O) groups is 5. The fraction of sp³-hybridized carbons (Fsp3) is 0.438. The number of imide groups is 1. The Bertz CT molecular complexity index is 832. The van der Waals surface area contributed by atoms with E-state index in [9.17, 15) is 24.0 Å². The van der Waals surface area contributed by atoms with Gasteiger partial charge in [0.15, 0.2) is 0 Å². The summed E-state index contributed by atoms with van der Waals surface area (Å²) in [6, 6.07) is 0. The molecule has 2 aliphatic heterocycles. The second-order valence-corrected chi connectivity index (χ2v) is 7.24. The van der Waals surface area contributed by atoms with Crippen LogP contribution in [-0.2, 0) is 32.1 Å². The molecule has 1 aromatic rings. The van der Waals surface area contributed by atoms with E-state index in [1.807, 2.05) is 0 Å². The molecule has 1 aromatic heterocycles. The minimum absolute atomic E-state index is 0.0926. The summed E-state index contributed by atoms with van der Waals surface area (Å²) < 4.78 is 4.71. The number of nitrogens with zero attached hydrogens (tertiary/aromatic N) is 2. The number of thiophene rings is 1. The summed E-state index contributed by atoms with van der Waals surface area (Å²) in [5, 5.41) is 2.83. The SMILES string of the molecule is COC(=O)N1CCc2c(sc(NC(=O)CN3C(=O)CCC3=O)c2C(N)=O)C1. The quantitative estimate of drug-likeness (QED) is 0.692. The van der Waals surface area contributed by atoms with Gasteiger partial charge in [-0.25, -0.2) is 4.79 Å². The number of fused-ring (bicyclic) bond motifs is 1. The lowest BCUT2D eigenvalue weighted by molar-refractivity contribution is -0.141. The van der Waals surface area contributed by atoms with Gasteiger partial charge in [0.1, 0.15) is 11.5 Å². The number of anilines is 1. The maximum Gasteiger partial charge on any atom is 0.409 e. The summed E-state index contributed by atoms with van der Waals surface area (Å²) >= 11 is 1.14. The first kappa shape index (κ1) is 18.8. The maximum absolute atomic E-state index is 12.3. The zero-order chi connectivity index (χ0) is 19.7. The van der Waals surface area contributed by atoms with Crippen molar-refractivity contribution in [3.63, 3.8) is 0 Å². The summed E-state index contributed by atoms with van der Waals surface area (Å²) in [5.41, 5.74) is 6.37. The molecule has 0 saturated carbocycles. The van der Waals surface area contributed by atoms with Crippen LogP contribution >= 0.6 is 11.3 Å². The molecule has 0 bridgehead atoms. The van der Waals surface area contributed by atoms with Crippen molar-refractivity contribution < 1.29 is 28.7 Å². The number of likely N-dealkylation sites (tertiary alicyclic amines) is 1. The minimum Gasteiger partial charge on any atom is -0.453 e. The Balaban J connectivity index is 1.79. The van der Waals surface area contributed by atoms with Gasteiger partial charge in [-0.3, -0.25) is 24.1 Å². The number of nitrogens with two attached hydrogens (primary N) is 1. The van der Waals surface area contributed by atoms with Gasteiger partial charge >= 0.3 is 6.09 Å². The molecule has 0 atom stereocenters. The molecule has 2 aliphatic rings. The smallest absolute Gasteiger partial charge is 0.409 e. The maximum atomic E-state index is 12.3. The molecule has 144 valence electrons. The largest absolute Gasteiger partial charge is 0.453 e. The Kier molecular flexibility index (Phi) is 5.13. The van der Waals surface area contributed by atoms with E-state index in [0.29, 0.717) is 18.5 Å². The zero-order valence-corrected chi connectivity index (χ0v) is 15.4. The Hall–Kier alpha value is -2.95. The first-order chi connectivity index (χ1) is 12.8. The Morgan fingerprint density at radius 2 is 1.85 bits per heavy atom. The molecule has 0 radical (unpaired) electrons. The van der Waals surface area contributed by atoms with Gasteiger partial charge < -0.3 is 20.7 Å². The third kappa shape index (κ3) is 3.63. The molecule has 5 amide bonds. The Morgan fingerprint density at radius 3 is 2.44 bits per heavy atom. The highest BCUT2D eigenvalue weighted by atomic mass is 32.1. The lowest BCUT2D eigenvalue weighted by atomic mass is 10.0. The highest BCUT2D eigenvalue weighted by molar-refractivity contribution is 7.17. The van der Waals surface area contributed by atoms with Crippen molar-refractivity contribution in [2.75, 3.05) is 25.5 Å². The molecule has 1 saturated heterocycles. The topological polar surface area (TPSA) is 139 Å². The van der Waals surface area contributed by atoms with Crippen LogP contribution in [0.2, 0.25) is 0 Å². The minimum atomic E-state index is -0.692. The van der Waals surface area contributed by atoms with Crippen molar-refractivity contribution >= 4 is 46.1 Å². The van der Waals surface area contributed by atoms with E-state index in [-0.39, 0.29) is 30.0 Å². The standard InChI is InChI=1S/C16H18N4O6S/c1-26-16(25)19-5-4-8-9(6-19)27-15(13(8)14(17)24)18-10(21)7-20-11(22)2-3-12(20)23/h2-7H2,1H3,(H2,17,24)(H,18,21). The average molecular weight is 394 g/mol. The van der Waals surface area contributed by atoms with Crippen molar-refractivity contribution in [3.8, 4) is 0 Å². The van der Waals surface area contributed by atoms with Crippen LogP contribution in [0.4, 0.5) is 9.80 Å². The third-order valence-electron chi connectivity index (χ3n) is 4.45. The number of ether oxygens (including phenoxy) is 1. The van der Waals surface area contributed by atoms with E-state index in [0.717, 1.165) is 21.1 Å². The molecular weight excluding hydrogens is 376 g/mol. The second-order valence-electron chi connectivity index (χ2n) is 6.14. The van der Waals surface area contributed by atoms with E-state index in [1.165, 1.54) is 12.0 Å². The number of methoxy groups -OCH3 is 1. The van der Waals surface area contributed by atoms with Crippen LogP contribution in [0.3, 0.4) is 0 Å². The fourth-order valence-corrected chi connectivity index (χ4v) is 4.43. The lowest BCUT2D eigenvalue weighted by Crippen LogP contribution is -2.37. The normalized spacial score (nSPS) is 16.3. The molecule has 11 heteroatoms. The van der Waals surface area contributed by atoms with Crippen LogP contribution in [0, 0.1) is 0 Å². The van der Waals surface area contributed by atoms with Crippen LogP contribution in [0.15, 0.2) is 0 Å². The molecule has 0 spiro atoms. The third-order valence-corrected chi connectivity index (χ3v) is 5.58. The van der Waals surface area contributed by atoms with E-state index < -0.39 is 36.3 Å². The number of rotatable bonds is 4. The van der Waals surface area contributed by atoms with Crippen molar-refractivity contribution in [2.45, 2.75) is 25.8 Å². The number of hydrogen-bond donors (Lipinski definition) is 2. The van der Waals surface area contributed by atoms with Gasteiger partial charge in [-0.1, -0.05) is 0 Å². The van der Waals surface area contributed by atoms with Crippen molar-refractivity contribution in [2.24, 2.45) is 5.73 Å². The van der Waals surface area contributed by atoms with Crippen LogP contribution in [0.1, 0.15) is 33.6 Å². The van der Waals surface area contributed by atoms with Gasteiger partial charge in [0, 0.05) is 24.3 Å². The number of amides is 5. The van der Waals surface area contributed by atoms with Gasteiger partial charge in [0.25, 0.3) is 5.91 Å². The van der Waals surface area contributed by atoms with E-state index in [2.05, 4.69) is 5.32 Å². The highest BCUT2D eigenvalue weighted by Gasteiger charge is 2.32. The van der Waals surface area contributed by atoms with Gasteiger partial charge in [-0.2, -0.15) is 0 Å². The number of hydrogen-bond acceptors (Lipinski definition) is 7. The predicted octanol–water partition coefficient (Wildman–Crippen LogP) is 0.0590. The summed E-state index contributed by atoms with van der Waals surface area (Å²) in [6.45, 7) is 0.194. The summed E-state index contributed by atoms with van der Waals surface area (Å²) in [5.74, 6) is -2.08. The van der Waals surface area contributed by atoms with Gasteiger partial charge in [-0.15, -0.1) is 11.3 Å². The molecule has 1 fully saturated rings. The fourth-order valence-electron chi connectivity index (χ4n) is 3.15. The van der Waals surface area contributed by atoms with E-state index in [1.54, 1.807) is 0 Å². The van der Waals surface area contributed by atoms with Crippen LogP contribution < -0.4 is 11.1 Å². The highest BCUT2D eigenvalue weighted by Crippen LogP contribution is 2.37. The average Bonchev–Trinajstić information content (AvgIpc) is 3.14. The molecule has 27 heavy (non-hydrogen) atoms. The molecule has 0 aromatic carbocycles. The summed E-state index contributed by atoms with van der Waals surface area (Å²) in [6.07, 6.45) is 0.106. The summed E-state index contributed by atoms with van der Waals surface area (Å²) in [7, 11) is 1.29. The van der Waals surface area contributed by atoms with Crippen LogP contribution in [-0.4, -0.2) is 59.7 Å². The van der Waals surface area contributed by atoms with Gasteiger partial charge in [-0.05, 0) is 12.0 Å². The molecule has 10 nitrogen and oxygen atoms in total. The summed E-state index contributed by atoms with van der Waals surface area (Å²) in [4.78, 5) is 62.3. The Morgan fingerprint density at radius 1 is 1.19 bits per heavy atom. The second kappa shape index (κ2) is 7.35. The number of nitrogens with one attached hydrogen (secondary N) is 1.